The molecule has 1 atom stereocenters. The quantitative estimate of drug-likeness (QED) is 0.272. The van der Waals surface area contributed by atoms with E-state index in [0.29, 0.717) is 34.0 Å². The Labute approximate surface area is 187 Å². The number of rotatable bonds is 4. The van der Waals surface area contributed by atoms with Gasteiger partial charge in [-0.15, -0.1) is 0 Å². The van der Waals surface area contributed by atoms with Crippen molar-refractivity contribution in [2.75, 3.05) is 12.4 Å². The highest BCUT2D eigenvalue weighted by Gasteiger charge is 2.32. The summed E-state index contributed by atoms with van der Waals surface area (Å²) in [5.41, 5.74) is 7.35. The van der Waals surface area contributed by atoms with Crippen LogP contribution in [0.1, 0.15) is 31.5 Å². The Hall–Kier alpha value is -3.22. The summed E-state index contributed by atoms with van der Waals surface area (Å²) in [6.07, 6.45) is 7.29. The van der Waals surface area contributed by atoms with E-state index in [1.807, 2.05) is 12.2 Å². The van der Waals surface area contributed by atoms with E-state index in [9.17, 15) is 4.79 Å². The van der Waals surface area contributed by atoms with E-state index in [1.165, 1.54) is 6.20 Å². The largest absolute Gasteiger partial charge is 0.424 e. The number of hydrazine groups is 1. The van der Waals surface area contributed by atoms with Gasteiger partial charge < -0.3 is 9.73 Å². The molecule has 2 aliphatic rings. The molecule has 2 aromatic heterocycles. The topological polar surface area (TPSA) is 144 Å². The van der Waals surface area contributed by atoms with Gasteiger partial charge in [0.2, 0.25) is 5.96 Å². The highest BCUT2D eigenvalue weighted by atomic mass is 35.5. The van der Waals surface area contributed by atoms with Crippen LogP contribution in [0.5, 0.6) is 0 Å². The number of anilines is 1. The van der Waals surface area contributed by atoms with Crippen molar-refractivity contribution in [1.29, 1.82) is 0 Å². The summed E-state index contributed by atoms with van der Waals surface area (Å²) < 4.78 is 5.74. The predicted molar refractivity (Wildman–Crippen MR) is 120 cm³/mol. The van der Waals surface area contributed by atoms with Crippen molar-refractivity contribution in [3.63, 3.8) is 0 Å². The van der Waals surface area contributed by atoms with Crippen LogP contribution in [-0.2, 0) is 4.79 Å². The van der Waals surface area contributed by atoms with Gasteiger partial charge in [0, 0.05) is 12.7 Å². The van der Waals surface area contributed by atoms with E-state index in [1.54, 1.807) is 14.0 Å². The molecular formula is C18H20ClN9O2S. The smallest absolute Gasteiger partial charge is 0.302 e. The molecular weight excluding hydrogens is 442 g/mol. The fraction of sp³-hybridized carbons (Fsp3) is 0.278. The van der Waals surface area contributed by atoms with Gasteiger partial charge in [-0.05, 0) is 38.1 Å². The number of aliphatic imine (C=N–C) groups is 1. The Bertz CT molecular complexity index is 1180. The molecule has 1 aliphatic carbocycles. The highest BCUT2D eigenvalue weighted by Crippen LogP contribution is 2.33. The first-order chi connectivity index (χ1) is 15.0. The average molecular weight is 462 g/mol. The van der Waals surface area contributed by atoms with E-state index in [4.69, 9.17) is 28.2 Å². The number of hydrogen-bond acceptors (Lipinski definition) is 9. The molecule has 3 heterocycles. The van der Waals surface area contributed by atoms with E-state index in [0.717, 1.165) is 23.6 Å². The number of hydrogen-bond donors (Lipinski definition) is 6. The van der Waals surface area contributed by atoms with E-state index < -0.39 is 11.9 Å². The third-order valence-corrected chi connectivity index (χ3v) is 5.09. The van der Waals surface area contributed by atoms with Crippen molar-refractivity contribution in [3.05, 3.63) is 38.9 Å². The van der Waals surface area contributed by atoms with Crippen LogP contribution in [0, 0.1) is 0 Å². The van der Waals surface area contributed by atoms with Crippen LogP contribution < -0.4 is 37.6 Å². The lowest BCUT2D eigenvalue weighted by Gasteiger charge is -2.25. The van der Waals surface area contributed by atoms with Crippen molar-refractivity contribution in [3.8, 4) is 0 Å². The zero-order valence-electron chi connectivity index (χ0n) is 16.7. The SMILES string of the molecule is CNNC(=S)NC(=O)C1=C(C)NC(Nc2nc3c(o2)=CCCC=3)=NC1c1[nH]ncc1Cl. The van der Waals surface area contributed by atoms with E-state index >= 15 is 0 Å². The summed E-state index contributed by atoms with van der Waals surface area (Å²) in [5.74, 6) is -0.0914. The molecule has 1 aliphatic heterocycles. The number of aromatic amines is 1. The lowest BCUT2D eigenvalue weighted by Crippen LogP contribution is -2.47. The van der Waals surface area contributed by atoms with Crippen LogP contribution in [0.2, 0.25) is 5.02 Å². The number of H-pyrrole nitrogens is 1. The monoisotopic (exact) mass is 461 g/mol. The molecule has 2 aromatic rings. The molecule has 11 nitrogen and oxygen atoms in total. The highest BCUT2D eigenvalue weighted by molar-refractivity contribution is 7.80. The summed E-state index contributed by atoms with van der Waals surface area (Å²) in [7, 11) is 1.64. The predicted octanol–water partition coefficient (Wildman–Crippen LogP) is -0.0826. The molecule has 0 radical (unpaired) electrons. The number of carbonyl (C=O) groups excluding carboxylic acids is 1. The summed E-state index contributed by atoms with van der Waals surface area (Å²) in [5, 5.41) is 16.7. The summed E-state index contributed by atoms with van der Waals surface area (Å²) >= 11 is 11.4. The number of guanidine groups is 1. The maximum atomic E-state index is 12.9. The zero-order valence-corrected chi connectivity index (χ0v) is 18.2. The van der Waals surface area contributed by atoms with Crippen LogP contribution in [0.25, 0.3) is 12.2 Å². The fourth-order valence-electron chi connectivity index (χ4n) is 3.26. The molecule has 13 heteroatoms. The normalized spacial score (nSPS) is 17.5. The molecule has 0 fully saturated rings. The first-order valence-electron chi connectivity index (χ1n) is 9.43. The van der Waals surface area contributed by atoms with Gasteiger partial charge >= 0.3 is 6.01 Å². The Balaban J connectivity index is 1.65. The third-order valence-electron chi connectivity index (χ3n) is 4.59. The summed E-state index contributed by atoms with van der Waals surface area (Å²) in [4.78, 5) is 22.0. The van der Waals surface area contributed by atoms with Gasteiger partial charge in [0.15, 0.2) is 10.5 Å². The van der Waals surface area contributed by atoms with Gasteiger partial charge in [0.25, 0.3) is 5.91 Å². The third kappa shape index (κ3) is 4.45. The number of allylic oxidation sites excluding steroid dienone is 1. The van der Waals surface area contributed by atoms with Gasteiger partial charge in [-0.25, -0.2) is 10.4 Å². The molecule has 162 valence electrons. The van der Waals surface area contributed by atoms with Crippen LogP contribution in [0.3, 0.4) is 0 Å². The second kappa shape index (κ2) is 8.88. The van der Waals surface area contributed by atoms with Crippen molar-refractivity contribution >= 4 is 59.0 Å². The van der Waals surface area contributed by atoms with Crippen LogP contribution in [-0.4, -0.2) is 39.2 Å². The minimum absolute atomic E-state index is 0.119. The molecule has 6 N–H and O–H groups in total. The first kappa shape index (κ1) is 21.0. The lowest BCUT2D eigenvalue weighted by atomic mass is 10.00. The second-order valence-electron chi connectivity index (χ2n) is 6.71. The molecule has 0 saturated carbocycles. The van der Waals surface area contributed by atoms with Crippen molar-refractivity contribution in [2.24, 2.45) is 4.99 Å². The lowest BCUT2D eigenvalue weighted by molar-refractivity contribution is -0.116. The number of amides is 1. The zero-order chi connectivity index (χ0) is 22.0. The Morgan fingerprint density at radius 2 is 2.16 bits per heavy atom. The molecule has 1 unspecified atom stereocenters. The van der Waals surface area contributed by atoms with Gasteiger partial charge in [-0.1, -0.05) is 17.7 Å². The van der Waals surface area contributed by atoms with Gasteiger partial charge in [0.05, 0.1) is 22.5 Å². The fourth-order valence-corrected chi connectivity index (χ4v) is 3.65. The van der Waals surface area contributed by atoms with E-state index in [2.05, 4.69) is 47.0 Å². The molecule has 0 aromatic carbocycles. The minimum atomic E-state index is -0.765. The van der Waals surface area contributed by atoms with Gasteiger partial charge in [-0.3, -0.25) is 26.0 Å². The first-order valence-corrected chi connectivity index (χ1v) is 10.2. The Morgan fingerprint density at radius 3 is 2.87 bits per heavy atom. The van der Waals surface area contributed by atoms with Crippen LogP contribution in [0.4, 0.5) is 6.01 Å². The number of carbonyl (C=O) groups is 1. The number of halogens is 1. The second-order valence-corrected chi connectivity index (χ2v) is 7.53. The molecule has 0 spiro atoms. The molecule has 0 bridgehead atoms. The Morgan fingerprint density at radius 1 is 1.35 bits per heavy atom. The van der Waals surface area contributed by atoms with Gasteiger partial charge in [0.1, 0.15) is 11.4 Å². The minimum Gasteiger partial charge on any atom is -0.424 e. The maximum Gasteiger partial charge on any atom is 0.302 e. The van der Waals surface area contributed by atoms with Crippen LogP contribution >= 0.6 is 23.8 Å². The maximum absolute atomic E-state index is 12.9. The van der Waals surface area contributed by atoms with Gasteiger partial charge in [-0.2, -0.15) is 10.1 Å². The Kier molecular flexibility index (Phi) is 6.02. The number of oxazole rings is 1. The van der Waals surface area contributed by atoms with Crippen molar-refractivity contribution in [2.45, 2.75) is 25.8 Å². The average Bonchev–Trinajstić information content (AvgIpc) is 3.32. The molecule has 31 heavy (non-hydrogen) atoms. The summed E-state index contributed by atoms with van der Waals surface area (Å²) in [6.45, 7) is 1.75. The van der Waals surface area contributed by atoms with Crippen molar-refractivity contribution in [1.82, 2.24) is 36.7 Å². The summed E-state index contributed by atoms with van der Waals surface area (Å²) in [6, 6.07) is -0.473. The number of aromatic nitrogens is 3. The number of thiocarbonyl (C=S) groups is 1. The number of fused-ring (bicyclic) bond motifs is 1. The molecule has 0 saturated heterocycles. The standard InChI is InChI=1S/C18H20ClN9O2S/c1-8-12(15(29)25-18(31)28-20-2)14(13-9(19)7-21-27-13)24-16(22-8)26-17-23-10-5-3-4-6-11(10)30-17/h5-7,14,20H,3-4H2,1-2H3,(H,21,27)(H2,22,23,24,26)(H2,25,28,29,31). The van der Waals surface area contributed by atoms with Crippen molar-refractivity contribution < 1.29 is 9.21 Å². The van der Waals surface area contributed by atoms with E-state index in [-0.39, 0.29) is 5.11 Å². The molecule has 1 amide bonds. The number of nitrogens with zero attached hydrogens (tertiary/aromatic N) is 3. The molecule has 4 rings (SSSR count). The number of nitrogens with one attached hydrogen (secondary N) is 6. The van der Waals surface area contributed by atoms with Crippen LogP contribution in [0.15, 0.2) is 26.9 Å².